The van der Waals surface area contributed by atoms with E-state index in [1.54, 1.807) is 0 Å². The second-order valence-corrected chi connectivity index (χ2v) is 5.64. The molecule has 2 aromatic rings. The average Bonchev–Trinajstić information content (AvgIpc) is 3.06. The van der Waals surface area contributed by atoms with Gasteiger partial charge < -0.3 is 10.6 Å². The van der Waals surface area contributed by atoms with Crippen LogP contribution in [0.2, 0.25) is 0 Å². The lowest BCUT2D eigenvalue weighted by molar-refractivity contribution is 1.22. The van der Waals surface area contributed by atoms with Crippen molar-refractivity contribution in [2.24, 2.45) is 0 Å². The van der Waals surface area contributed by atoms with E-state index in [0.29, 0.717) is 0 Å². The summed E-state index contributed by atoms with van der Waals surface area (Å²) < 4.78 is 0. The Bertz CT molecular complexity index is 874. The summed E-state index contributed by atoms with van der Waals surface area (Å²) in [7, 11) is 0. The Hall–Kier alpha value is -3.26. The molecule has 0 atom stereocenters. The first-order valence-corrected chi connectivity index (χ1v) is 8.06. The normalized spacial score (nSPS) is 16.0. The van der Waals surface area contributed by atoms with Crippen LogP contribution in [0.15, 0.2) is 97.4 Å². The molecule has 2 nitrogen and oxygen atoms in total. The van der Waals surface area contributed by atoms with Gasteiger partial charge in [0.05, 0.1) is 0 Å². The average molecular weight is 310 g/mol. The van der Waals surface area contributed by atoms with Gasteiger partial charge in [0.2, 0.25) is 0 Å². The van der Waals surface area contributed by atoms with Crippen LogP contribution in [0.25, 0.3) is 22.2 Å². The summed E-state index contributed by atoms with van der Waals surface area (Å²) in [4.78, 5) is 0. The minimum atomic E-state index is 1.10. The van der Waals surface area contributed by atoms with Gasteiger partial charge in [-0.25, -0.2) is 0 Å². The highest BCUT2D eigenvalue weighted by atomic mass is 14.9. The van der Waals surface area contributed by atoms with Gasteiger partial charge in [0, 0.05) is 34.9 Å². The lowest BCUT2D eigenvalue weighted by Gasteiger charge is -2.14. The van der Waals surface area contributed by atoms with Gasteiger partial charge in [0.1, 0.15) is 0 Å². The van der Waals surface area contributed by atoms with Gasteiger partial charge in [-0.2, -0.15) is 0 Å². The first kappa shape index (κ1) is 14.3. The van der Waals surface area contributed by atoms with E-state index in [1.807, 2.05) is 36.7 Å². The Morgan fingerprint density at radius 1 is 0.500 bits per heavy atom. The van der Waals surface area contributed by atoms with Crippen LogP contribution in [-0.4, -0.2) is 0 Å². The molecule has 0 amide bonds. The van der Waals surface area contributed by atoms with Gasteiger partial charge in [-0.1, -0.05) is 60.7 Å². The van der Waals surface area contributed by atoms with E-state index in [-0.39, 0.29) is 0 Å². The molecule has 4 rings (SSSR count). The molecule has 2 heterocycles. The Kier molecular flexibility index (Phi) is 3.86. The summed E-state index contributed by atoms with van der Waals surface area (Å²) in [5, 5.41) is 9.20. The van der Waals surface area contributed by atoms with Gasteiger partial charge in [-0.15, -0.1) is 0 Å². The highest BCUT2D eigenvalue weighted by molar-refractivity contribution is 6.00. The standard InChI is InChI=1S/C22H18N2/c1-3-13-21(23-15-5-1)19-11-7-10-18-17(19)9-8-12-20(18)22-14-4-2-6-16-24-22/h1-16,23-24H. The van der Waals surface area contributed by atoms with Crippen molar-refractivity contribution < 1.29 is 0 Å². The maximum absolute atomic E-state index is 3.36. The SMILES string of the molecule is C1=CC=C(c2cccc3c(C4=CC=CC=CN4)cccc23)NC=C1. The Morgan fingerprint density at radius 3 is 1.50 bits per heavy atom. The molecule has 116 valence electrons. The fourth-order valence-corrected chi connectivity index (χ4v) is 3.03. The summed E-state index contributed by atoms with van der Waals surface area (Å²) in [6.07, 6.45) is 20.3. The Balaban J connectivity index is 1.89. The predicted molar refractivity (Wildman–Crippen MR) is 103 cm³/mol. The largest absolute Gasteiger partial charge is 0.361 e. The number of hydrogen-bond acceptors (Lipinski definition) is 2. The molecule has 0 unspecified atom stereocenters. The van der Waals surface area contributed by atoms with Gasteiger partial charge in [0.25, 0.3) is 0 Å². The molecule has 0 bridgehead atoms. The zero-order valence-corrected chi connectivity index (χ0v) is 13.2. The van der Waals surface area contributed by atoms with E-state index >= 15 is 0 Å². The first-order chi connectivity index (χ1) is 11.9. The molecule has 0 fully saturated rings. The fourth-order valence-electron chi connectivity index (χ4n) is 3.03. The van der Waals surface area contributed by atoms with Crippen molar-refractivity contribution in [3.63, 3.8) is 0 Å². The number of nitrogens with one attached hydrogen (secondary N) is 2. The summed E-state index contributed by atoms with van der Waals surface area (Å²) in [5.74, 6) is 0. The van der Waals surface area contributed by atoms with Gasteiger partial charge in [-0.05, 0) is 35.1 Å². The van der Waals surface area contributed by atoms with Crippen molar-refractivity contribution in [2.75, 3.05) is 0 Å². The molecule has 0 aliphatic carbocycles. The van der Waals surface area contributed by atoms with Crippen LogP contribution >= 0.6 is 0 Å². The van der Waals surface area contributed by atoms with Gasteiger partial charge >= 0.3 is 0 Å². The topological polar surface area (TPSA) is 24.1 Å². The van der Waals surface area contributed by atoms with E-state index in [4.69, 9.17) is 0 Å². The minimum absolute atomic E-state index is 1.10. The van der Waals surface area contributed by atoms with Crippen molar-refractivity contribution in [2.45, 2.75) is 0 Å². The Morgan fingerprint density at radius 2 is 1.00 bits per heavy atom. The smallest absolute Gasteiger partial charge is 0.0459 e. The Labute approximate surface area is 141 Å². The van der Waals surface area contributed by atoms with Crippen molar-refractivity contribution in [3.8, 4) is 0 Å². The van der Waals surface area contributed by atoms with E-state index in [1.165, 1.54) is 21.9 Å². The van der Waals surface area contributed by atoms with Crippen molar-refractivity contribution in [1.29, 1.82) is 0 Å². The summed E-state index contributed by atoms with van der Waals surface area (Å²) in [5.41, 5.74) is 4.60. The minimum Gasteiger partial charge on any atom is -0.361 e. The molecule has 0 saturated carbocycles. The van der Waals surface area contributed by atoms with Crippen molar-refractivity contribution >= 4 is 22.2 Å². The van der Waals surface area contributed by atoms with Crippen LogP contribution in [0.4, 0.5) is 0 Å². The summed E-state index contributed by atoms with van der Waals surface area (Å²) in [6, 6.07) is 12.9. The second-order valence-electron chi connectivity index (χ2n) is 5.64. The number of rotatable bonds is 2. The molecule has 24 heavy (non-hydrogen) atoms. The monoisotopic (exact) mass is 310 g/mol. The van der Waals surface area contributed by atoms with Crippen molar-refractivity contribution in [1.82, 2.24) is 10.6 Å². The lowest BCUT2D eigenvalue weighted by atomic mass is 9.96. The molecule has 2 heteroatoms. The van der Waals surface area contributed by atoms with Crippen LogP contribution in [0.5, 0.6) is 0 Å². The molecule has 0 radical (unpaired) electrons. The maximum atomic E-state index is 3.36. The summed E-state index contributed by atoms with van der Waals surface area (Å²) >= 11 is 0. The molecule has 2 N–H and O–H groups in total. The van der Waals surface area contributed by atoms with E-state index in [9.17, 15) is 0 Å². The van der Waals surface area contributed by atoms with Crippen LogP contribution in [0.3, 0.4) is 0 Å². The zero-order valence-electron chi connectivity index (χ0n) is 13.2. The molecule has 2 aliphatic heterocycles. The predicted octanol–water partition coefficient (Wildman–Crippen LogP) is 4.87. The van der Waals surface area contributed by atoms with E-state index < -0.39 is 0 Å². The second kappa shape index (κ2) is 6.47. The fraction of sp³-hybridized carbons (Fsp3) is 0. The molecule has 0 spiro atoms. The van der Waals surface area contributed by atoms with Crippen molar-refractivity contribution in [3.05, 3.63) is 109 Å². The molecule has 0 aromatic heterocycles. The molecule has 2 aromatic carbocycles. The van der Waals surface area contributed by atoms with Gasteiger partial charge in [-0.3, -0.25) is 0 Å². The summed E-state index contributed by atoms with van der Waals surface area (Å²) in [6.45, 7) is 0. The number of fused-ring (bicyclic) bond motifs is 1. The first-order valence-electron chi connectivity index (χ1n) is 8.06. The third kappa shape index (κ3) is 2.70. The quantitative estimate of drug-likeness (QED) is 0.827. The molecule has 0 saturated heterocycles. The molecule has 2 aliphatic rings. The van der Waals surface area contributed by atoms with Crippen LogP contribution in [0, 0.1) is 0 Å². The number of allylic oxidation sites excluding steroid dienone is 8. The number of hydrogen-bond donors (Lipinski definition) is 2. The molecular formula is C22H18N2. The highest BCUT2D eigenvalue weighted by Gasteiger charge is 2.10. The highest BCUT2D eigenvalue weighted by Crippen LogP contribution is 2.30. The third-order valence-electron chi connectivity index (χ3n) is 4.14. The van der Waals surface area contributed by atoms with E-state index in [0.717, 1.165) is 11.4 Å². The van der Waals surface area contributed by atoms with Gasteiger partial charge in [0.15, 0.2) is 0 Å². The van der Waals surface area contributed by atoms with Crippen LogP contribution in [-0.2, 0) is 0 Å². The third-order valence-corrected chi connectivity index (χ3v) is 4.14. The van der Waals surface area contributed by atoms with E-state index in [2.05, 4.69) is 71.3 Å². The van der Waals surface area contributed by atoms with Crippen LogP contribution < -0.4 is 10.6 Å². The zero-order chi connectivity index (χ0) is 16.2. The van der Waals surface area contributed by atoms with Crippen LogP contribution in [0.1, 0.15) is 11.1 Å². The maximum Gasteiger partial charge on any atom is 0.0459 e. The number of benzene rings is 2. The molecular weight excluding hydrogens is 292 g/mol. The lowest BCUT2D eigenvalue weighted by Crippen LogP contribution is -2.05.